The molecule has 0 aromatic carbocycles. The van der Waals surface area contributed by atoms with Gasteiger partial charge >= 0.3 is 6.01 Å². The lowest BCUT2D eigenvalue weighted by Gasteiger charge is -2.00. The molecule has 0 atom stereocenters. The van der Waals surface area contributed by atoms with E-state index in [0.717, 1.165) is 12.2 Å². The number of nitrogens with zero attached hydrogens (tertiary/aromatic N) is 5. The van der Waals surface area contributed by atoms with Crippen LogP contribution in [0.15, 0.2) is 10.9 Å². The van der Waals surface area contributed by atoms with Crippen molar-refractivity contribution >= 4 is 6.01 Å². The minimum atomic E-state index is 0.440. The van der Waals surface area contributed by atoms with E-state index < -0.39 is 0 Å². The largest absolute Gasteiger partial charge is 0.337 e. The van der Waals surface area contributed by atoms with E-state index in [9.17, 15) is 0 Å². The van der Waals surface area contributed by atoms with E-state index in [4.69, 9.17) is 4.52 Å². The molecule has 2 heterocycles. The second kappa shape index (κ2) is 4.07. The lowest BCUT2D eigenvalue weighted by Crippen LogP contribution is -2.08. The van der Waals surface area contributed by atoms with Crippen molar-refractivity contribution in [1.29, 1.82) is 0 Å². The summed E-state index contributed by atoms with van der Waals surface area (Å²) in [5, 5.41) is 14.4. The van der Waals surface area contributed by atoms with E-state index in [1.54, 1.807) is 13.3 Å². The predicted octanol–water partition coefficient (Wildman–Crippen LogP) is 0.161. The molecular formula is C8H12N6O. The summed E-state index contributed by atoms with van der Waals surface area (Å²) < 4.78 is 6.77. The van der Waals surface area contributed by atoms with Gasteiger partial charge in [0.2, 0.25) is 0 Å². The molecule has 1 N–H and O–H groups in total. The molecule has 0 radical (unpaired) electrons. The van der Waals surface area contributed by atoms with Crippen molar-refractivity contribution in [2.24, 2.45) is 7.05 Å². The number of aromatic nitrogens is 5. The molecule has 0 fully saturated rings. The van der Waals surface area contributed by atoms with Gasteiger partial charge in [-0.2, -0.15) is 4.98 Å². The Morgan fingerprint density at radius 2 is 2.40 bits per heavy atom. The maximum absolute atomic E-state index is 4.90. The Kier molecular flexibility index (Phi) is 2.61. The van der Waals surface area contributed by atoms with Crippen molar-refractivity contribution in [2.75, 3.05) is 11.9 Å². The van der Waals surface area contributed by atoms with Crippen molar-refractivity contribution in [1.82, 2.24) is 24.9 Å². The monoisotopic (exact) mass is 208 g/mol. The molecule has 7 heteroatoms. The summed E-state index contributed by atoms with van der Waals surface area (Å²) in [5.41, 5.74) is 0. The van der Waals surface area contributed by atoms with Crippen LogP contribution in [0, 0.1) is 6.92 Å². The van der Waals surface area contributed by atoms with Crippen LogP contribution in [0.1, 0.15) is 11.6 Å². The molecule has 15 heavy (non-hydrogen) atoms. The second-order valence-electron chi connectivity index (χ2n) is 3.18. The summed E-state index contributed by atoms with van der Waals surface area (Å²) in [7, 11) is 1.91. The van der Waals surface area contributed by atoms with Gasteiger partial charge in [0, 0.05) is 20.0 Å². The highest BCUT2D eigenvalue weighted by Gasteiger charge is 2.03. The highest BCUT2D eigenvalue weighted by Crippen LogP contribution is 2.02. The molecule has 0 aliphatic carbocycles. The number of aryl methyl sites for hydroxylation is 2. The molecular weight excluding hydrogens is 196 g/mol. The molecule has 0 aliphatic heterocycles. The Bertz CT molecular complexity index is 434. The van der Waals surface area contributed by atoms with Crippen molar-refractivity contribution in [3.63, 3.8) is 0 Å². The predicted molar refractivity (Wildman–Crippen MR) is 52.2 cm³/mol. The lowest BCUT2D eigenvalue weighted by molar-refractivity contribution is 0.425. The molecule has 2 aromatic heterocycles. The number of nitrogens with one attached hydrogen (secondary N) is 1. The van der Waals surface area contributed by atoms with E-state index in [1.807, 2.05) is 11.6 Å². The third-order valence-electron chi connectivity index (χ3n) is 1.96. The van der Waals surface area contributed by atoms with Gasteiger partial charge in [-0.15, -0.1) is 10.2 Å². The zero-order valence-corrected chi connectivity index (χ0v) is 8.64. The van der Waals surface area contributed by atoms with E-state index in [1.165, 1.54) is 0 Å². The quantitative estimate of drug-likeness (QED) is 0.770. The summed E-state index contributed by atoms with van der Waals surface area (Å²) in [6.07, 6.45) is 2.43. The van der Waals surface area contributed by atoms with E-state index in [-0.39, 0.29) is 0 Å². The summed E-state index contributed by atoms with van der Waals surface area (Å²) in [6, 6.07) is 0.440. The smallest absolute Gasteiger partial charge is 0.321 e. The first-order valence-corrected chi connectivity index (χ1v) is 4.63. The van der Waals surface area contributed by atoms with Gasteiger partial charge in [-0.25, -0.2) is 0 Å². The SMILES string of the molecule is Cc1noc(NCCc2nncn2C)n1. The van der Waals surface area contributed by atoms with Crippen LogP contribution in [0.25, 0.3) is 0 Å². The van der Waals surface area contributed by atoms with Gasteiger partial charge in [-0.3, -0.25) is 0 Å². The fourth-order valence-electron chi connectivity index (χ4n) is 1.18. The zero-order chi connectivity index (χ0) is 10.7. The number of anilines is 1. The third kappa shape index (κ3) is 2.30. The average molecular weight is 208 g/mol. The van der Waals surface area contributed by atoms with Crippen LogP contribution in [0.4, 0.5) is 6.01 Å². The lowest BCUT2D eigenvalue weighted by atomic mass is 10.4. The van der Waals surface area contributed by atoms with Gasteiger partial charge in [-0.1, -0.05) is 5.16 Å². The third-order valence-corrected chi connectivity index (χ3v) is 1.96. The molecule has 0 spiro atoms. The molecule has 80 valence electrons. The minimum Gasteiger partial charge on any atom is -0.337 e. The maximum atomic E-state index is 4.90. The molecule has 0 saturated carbocycles. The summed E-state index contributed by atoms with van der Waals surface area (Å²) in [5.74, 6) is 1.54. The van der Waals surface area contributed by atoms with Crippen LogP contribution in [0.2, 0.25) is 0 Å². The van der Waals surface area contributed by atoms with Crippen molar-refractivity contribution in [3.8, 4) is 0 Å². The van der Waals surface area contributed by atoms with Crippen molar-refractivity contribution in [2.45, 2.75) is 13.3 Å². The fourth-order valence-corrected chi connectivity index (χ4v) is 1.18. The number of hydrogen-bond acceptors (Lipinski definition) is 6. The highest BCUT2D eigenvalue weighted by atomic mass is 16.5. The van der Waals surface area contributed by atoms with Crippen LogP contribution in [-0.2, 0) is 13.5 Å². The van der Waals surface area contributed by atoms with E-state index in [0.29, 0.717) is 18.4 Å². The second-order valence-corrected chi connectivity index (χ2v) is 3.18. The molecule has 0 aliphatic rings. The Morgan fingerprint density at radius 1 is 1.53 bits per heavy atom. The first-order valence-electron chi connectivity index (χ1n) is 4.63. The topological polar surface area (TPSA) is 81.7 Å². The first kappa shape index (κ1) is 9.63. The molecule has 0 amide bonds. The van der Waals surface area contributed by atoms with Crippen LogP contribution in [0.5, 0.6) is 0 Å². The van der Waals surface area contributed by atoms with Gasteiger partial charge in [-0.05, 0) is 6.92 Å². The van der Waals surface area contributed by atoms with E-state index >= 15 is 0 Å². The van der Waals surface area contributed by atoms with E-state index in [2.05, 4.69) is 25.7 Å². The van der Waals surface area contributed by atoms with Gasteiger partial charge in [0.1, 0.15) is 12.2 Å². The molecule has 2 rings (SSSR count). The summed E-state index contributed by atoms with van der Waals surface area (Å²) in [6.45, 7) is 2.46. The zero-order valence-electron chi connectivity index (χ0n) is 8.64. The normalized spacial score (nSPS) is 10.5. The highest BCUT2D eigenvalue weighted by molar-refractivity contribution is 5.17. The van der Waals surface area contributed by atoms with Crippen molar-refractivity contribution < 1.29 is 4.52 Å². The Labute approximate surface area is 86.5 Å². The Hall–Kier alpha value is -1.92. The Balaban J connectivity index is 1.83. The molecule has 0 unspecified atom stereocenters. The van der Waals surface area contributed by atoms with Crippen molar-refractivity contribution in [3.05, 3.63) is 18.0 Å². The molecule has 2 aromatic rings. The van der Waals surface area contributed by atoms with Gasteiger partial charge in [0.15, 0.2) is 5.82 Å². The van der Waals surface area contributed by atoms with Gasteiger partial charge in [0.05, 0.1) is 0 Å². The van der Waals surface area contributed by atoms with Gasteiger partial charge < -0.3 is 14.4 Å². The first-order chi connectivity index (χ1) is 7.25. The van der Waals surface area contributed by atoms with Crippen LogP contribution in [-0.4, -0.2) is 31.4 Å². The number of hydrogen-bond donors (Lipinski definition) is 1. The average Bonchev–Trinajstić information content (AvgIpc) is 2.77. The maximum Gasteiger partial charge on any atom is 0.321 e. The van der Waals surface area contributed by atoms with Crippen LogP contribution < -0.4 is 5.32 Å². The molecule has 0 bridgehead atoms. The van der Waals surface area contributed by atoms with Crippen LogP contribution >= 0.6 is 0 Å². The number of rotatable bonds is 4. The standard InChI is InChI=1S/C8H12N6O/c1-6-11-8(15-13-6)9-4-3-7-12-10-5-14(7)2/h5H,3-4H2,1-2H3,(H,9,11,13). The minimum absolute atomic E-state index is 0.440. The summed E-state index contributed by atoms with van der Waals surface area (Å²) in [4.78, 5) is 4.02. The van der Waals surface area contributed by atoms with Gasteiger partial charge in [0.25, 0.3) is 0 Å². The molecule has 7 nitrogen and oxygen atoms in total. The molecule has 0 saturated heterocycles. The van der Waals surface area contributed by atoms with Crippen LogP contribution in [0.3, 0.4) is 0 Å². The Morgan fingerprint density at radius 3 is 3.00 bits per heavy atom. The summed E-state index contributed by atoms with van der Waals surface area (Å²) >= 11 is 0. The fraction of sp³-hybridized carbons (Fsp3) is 0.500.